The van der Waals surface area contributed by atoms with Gasteiger partial charge in [-0.3, -0.25) is 9.59 Å². The molecule has 0 aliphatic carbocycles. The number of nitrogens with zero attached hydrogens (tertiary/aromatic N) is 1. The summed E-state index contributed by atoms with van der Waals surface area (Å²) >= 11 is 0. The number of carbonyl (C=O) groups excluding carboxylic acids is 2. The summed E-state index contributed by atoms with van der Waals surface area (Å²) in [5.41, 5.74) is 2.69. The van der Waals surface area contributed by atoms with Crippen molar-refractivity contribution in [2.45, 2.75) is 6.42 Å². The fraction of sp³-hybridized carbons (Fsp3) is 0.300. The predicted molar refractivity (Wildman–Crippen MR) is 104 cm³/mol. The first-order valence-electron chi connectivity index (χ1n) is 8.78. The molecule has 1 aliphatic rings. The molecule has 2 amide bonds. The van der Waals surface area contributed by atoms with Gasteiger partial charge >= 0.3 is 11.8 Å². The van der Waals surface area contributed by atoms with Gasteiger partial charge in [0.1, 0.15) is 13.2 Å². The first-order valence-corrected chi connectivity index (χ1v) is 8.78. The molecule has 7 heteroatoms. The molecule has 142 valence electrons. The Balaban J connectivity index is 1.47. The van der Waals surface area contributed by atoms with Crippen LogP contribution in [-0.2, 0) is 16.0 Å². The third kappa shape index (κ3) is 4.91. The van der Waals surface area contributed by atoms with Crippen molar-refractivity contribution < 1.29 is 19.1 Å². The highest BCUT2D eigenvalue weighted by Crippen LogP contribution is 2.32. The van der Waals surface area contributed by atoms with E-state index in [0.717, 1.165) is 11.3 Å². The third-order valence-electron chi connectivity index (χ3n) is 4.16. The number of hydrogen-bond acceptors (Lipinski definition) is 5. The van der Waals surface area contributed by atoms with Crippen LogP contribution in [0, 0.1) is 0 Å². The Labute approximate surface area is 158 Å². The lowest BCUT2D eigenvalue weighted by Gasteiger charge is -2.18. The summed E-state index contributed by atoms with van der Waals surface area (Å²) in [4.78, 5) is 26.0. The number of ether oxygens (including phenoxy) is 2. The quantitative estimate of drug-likeness (QED) is 0.786. The van der Waals surface area contributed by atoms with Crippen LogP contribution in [0.3, 0.4) is 0 Å². The van der Waals surface area contributed by atoms with Gasteiger partial charge in [-0.15, -0.1) is 0 Å². The van der Waals surface area contributed by atoms with Gasteiger partial charge in [-0.2, -0.15) is 0 Å². The highest BCUT2D eigenvalue weighted by molar-refractivity contribution is 6.39. The number of nitrogens with one attached hydrogen (secondary N) is 2. The predicted octanol–water partition coefficient (Wildman–Crippen LogP) is 1.82. The second kappa shape index (κ2) is 8.44. The van der Waals surface area contributed by atoms with Gasteiger partial charge in [-0.25, -0.2) is 0 Å². The number of anilines is 2. The molecule has 1 aliphatic heterocycles. The molecule has 0 atom stereocenters. The van der Waals surface area contributed by atoms with E-state index < -0.39 is 11.8 Å². The van der Waals surface area contributed by atoms with Crippen LogP contribution in [0.1, 0.15) is 5.56 Å². The summed E-state index contributed by atoms with van der Waals surface area (Å²) in [6, 6.07) is 13.1. The Kier molecular flexibility index (Phi) is 5.80. The summed E-state index contributed by atoms with van der Waals surface area (Å²) in [5, 5.41) is 5.20. The van der Waals surface area contributed by atoms with Crippen LogP contribution in [0.4, 0.5) is 11.4 Å². The second-order valence-corrected chi connectivity index (χ2v) is 6.38. The largest absolute Gasteiger partial charge is 0.486 e. The molecule has 0 spiro atoms. The van der Waals surface area contributed by atoms with Gasteiger partial charge in [0.2, 0.25) is 0 Å². The molecule has 0 bridgehead atoms. The molecule has 2 N–H and O–H groups in total. The molecule has 2 aromatic carbocycles. The van der Waals surface area contributed by atoms with Gasteiger partial charge in [-0.05, 0) is 36.2 Å². The topological polar surface area (TPSA) is 79.9 Å². The molecule has 7 nitrogen and oxygen atoms in total. The van der Waals surface area contributed by atoms with Crippen molar-refractivity contribution in [3.8, 4) is 11.5 Å². The maximum atomic E-state index is 12.0. The average Bonchev–Trinajstić information content (AvgIpc) is 2.68. The molecule has 0 unspecified atom stereocenters. The van der Waals surface area contributed by atoms with E-state index in [1.54, 1.807) is 18.2 Å². The standard InChI is InChI=1S/C20H23N3O4/c1-23(2)16-6-3-14(4-7-16)9-10-21-19(24)20(25)22-15-5-8-17-18(13-15)27-12-11-26-17/h3-8,13H,9-12H2,1-2H3,(H,21,24)(H,22,25). The zero-order chi connectivity index (χ0) is 19.2. The zero-order valence-corrected chi connectivity index (χ0v) is 15.5. The van der Waals surface area contributed by atoms with E-state index in [4.69, 9.17) is 9.47 Å². The molecular weight excluding hydrogens is 346 g/mol. The van der Waals surface area contributed by atoms with Gasteiger partial charge < -0.3 is 25.0 Å². The third-order valence-corrected chi connectivity index (χ3v) is 4.16. The number of hydrogen-bond donors (Lipinski definition) is 2. The van der Waals surface area contributed by atoms with E-state index >= 15 is 0 Å². The van der Waals surface area contributed by atoms with Gasteiger partial charge in [0.25, 0.3) is 0 Å². The average molecular weight is 369 g/mol. The van der Waals surface area contributed by atoms with Crippen LogP contribution in [-0.4, -0.2) is 45.7 Å². The second-order valence-electron chi connectivity index (χ2n) is 6.38. The number of rotatable bonds is 5. The lowest BCUT2D eigenvalue weighted by Crippen LogP contribution is -2.36. The Morgan fingerprint density at radius 3 is 2.37 bits per heavy atom. The minimum atomic E-state index is -0.713. The monoisotopic (exact) mass is 369 g/mol. The highest BCUT2D eigenvalue weighted by Gasteiger charge is 2.16. The number of fused-ring (bicyclic) bond motifs is 1. The van der Waals surface area contributed by atoms with E-state index in [1.165, 1.54) is 0 Å². The summed E-state index contributed by atoms with van der Waals surface area (Å²) in [5.74, 6) is -0.200. The molecular formula is C20H23N3O4. The lowest BCUT2D eigenvalue weighted by atomic mass is 10.1. The first kappa shape index (κ1) is 18.6. The normalized spacial score (nSPS) is 12.2. The Morgan fingerprint density at radius 1 is 0.963 bits per heavy atom. The molecule has 27 heavy (non-hydrogen) atoms. The van der Waals surface area contributed by atoms with Crippen molar-refractivity contribution in [2.24, 2.45) is 0 Å². The Bertz CT molecular complexity index is 818. The molecule has 2 aromatic rings. The van der Waals surface area contributed by atoms with Crippen LogP contribution < -0.4 is 25.0 Å². The lowest BCUT2D eigenvalue weighted by molar-refractivity contribution is -0.136. The smallest absolute Gasteiger partial charge is 0.313 e. The van der Waals surface area contributed by atoms with Crippen molar-refractivity contribution in [3.05, 3.63) is 48.0 Å². The van der Waals surface area contributed by atoms with Crippen molar-refractivity contribution in [2.75, 3.05) is 44.1 Å². The summed E-state index contributed by atoms with van der Waals surface area (Å²) < 4.78 is 10.9. The van der Waals surface area contributed by atoms with Crippen molar-refractivity contribution >= 4 is 23.2 Å². The van der Waals surface area contributed by atoms with Crippen molar-refractivity contribution in [1.82, 2.24) is 5.32 Å². The van der Waals surface area contributed by atoms with Crippen molar-refractivity contribution in [1.29, 1.82) is 0 Å². The Hall–Kier alpha value is -3.22. The van der Waals surface area contributed by atoms with Crippen LogP contribution in [0.25, 0.3) is 0 Å². The van der Waals surface area contributed by atoms with Gasteiger partial charge in [-0.1, -0.05) is 12.1 Å². The minimum absolute atomic E-state index is 0.384. The fourth-order valence-corrected chi connectivity index (χ4v) is 2.67. The van der Waals surface area contributed by atoms with Crippen LogP contribution in [0.2, 0.25) is 0 Å². The molecule has 1 heterocycles. The molecule has 0 saturated heterocycles. The van der Waals surface area contributed by atoms with Crippen molar-refractivity contribution in [3.63, 3.8) is 0 Å². The molecule has 0 fully saturated rings. The highest BCUT2D eigenvalue weighted by atomic mass is 16.6. The molecule has 0 radical (unpaired) electrons. The molecule has 0 saturated carbocycles. The summed E-state index contributed by atoms with van der Waals surface area (Å²) in [6.45, 7) is 1.34. The van der Waals surface area contributed by atoms with Gasteiger partial charge in [0, 0.05) is 38.1 Å². The Morgan fingerprint density at radius 2 is 1.67 bits per heavy atom. The fourth-order valence-electron chi connectivity index (χ4n) is 2.67. The van der Waals surface area contributed by atoms with Gasteiger partial charge in [0.15, 0.2) is 11.5 Å². The summed E-state index contributed by atoms with van der Waals surface area (Å²) in [6.07, 6.45) is 0.650. The molecule has 0 aromatic heterocycles. The van der Waals surface area contributed by atoms with E-state index in [2.05, 4.69) is 10.6 Å². The van der Waals surface area contributed by atoms with Crippen LogP contribution in [0.15, 0.2) is 42.5 Å². The van der Waals surface area contributed by atoms with E-state index in [-0.39, 0.29) is 0 Å². The number of amides is 2. The zero-order valence-electron chi connectivity index (χ0n) is 15.5. The van der Waals surface area contributed by atoms with Crippen LogP contribution >= 0.6 is 0 Å². The number of carbonyl (C=O) groups is 2. The van der Waals surface area contributed by atoms with Crippen LogP contribution in [0.5, 0.6) is 11.5 Å². The SMILES string of the molecule is CN(C)c1ccc(CCNC(=O)C(=O)Nc2ccc3c(c2)OCCO3)cc1. The van der Waals surface area contributed by atoms with E-state index in [0.29, 0.717) is 43.4 Å². The first-order chi connectivity index (χ1) is 13.0. The maximum Gasteiger partial charge on any atom is 0.313 e. The number of benzene rings is 2. The molecule has 3 rings (SSSR count). The summed E-state index contributed by atoms with van der Waals surface area (Å²) in [7, 11) is 3.96. The minimum Gasteiger partial charge on any atom is -0.486 e. The van der Waals surface area contributed by atoms with Gasteiger partial charge in [0.05, 0.1) is 0 Å². The van der Waals surface area contributed by atoms with E-state index in [1.807, 2.05) is 43.3 Å². The maximum absolute atomic E-state index is 12.0. The van der Waals surface area contributed by atoms with E-state index in [9.17, 15) is 9.59 Å².